The van der Waals surface area contributed by atoms with Crippen LogP contribution in [0.5, 0.6) is 0 Å². The van der Waals surface area contributed by atoms with Crippen LogP contribution in [-0.4, -0.2) is 28.4 Å². The van der Waals surface area contributed by atoms with Crippen LogP contribution < -0.4 is 10.4 Å². The van der Waals surface area contributed by atoms with Gasteiger partial charge in [-0.15, -0.1) is 0 Å². The van der Waals surface area contributed by atoms with Crippen LogP contribution in [0.2, 0.25) is 5.28 Å². The Bertz CT molecular complexity index is 961. The largest absolute Gasteiger partial charge is 0.323 e. The van der Waals surface area contributed by atoms with Crippen LogP contribution >= 0.6 is 11.6 Å². The summed E-state index contributed by atoms with van der Waals surface area (Å²) in [6.45, 7) is 0. The predicted molar refractivity (Wildman–Crippen MR) is 76.8 cm³/mol. The molecule has 3 N–H and O–H groups in total. The van der Waals surface area contributed by atoms with E-state index >= 15 is 0 Å². The van der Waals surface area contributed by atoms with Gasteiger partial charge >= 0.3 is 5.69 Å². The summed E-state index contributed by atoms with van der Waals surface area (Å²) < 4.78 is 26.6. The second kappa shape index (κ2) is 4.86. The minimum atomic E-state index is -3.83. The zero-order valence-electron chi connectivity index (χ0n) is 10.3. The molecule has 0 aliphatic heterocycles. The van der Waals surface area contributed by atoms with E-state index < -0.39 is 10.0 Å². The van der Waals surface area contributed by atoms with Gasteiger partial charge in [0.1, 0.15) is 4.90 Å². The van der Waals surface area contributed by atoms with Crippen LogP contribution in [0, 0.1) is 0 Å². The Labute approximate surface area is 123 Å². The van der Waals surface area contributed by atoms with Crippen LogP contribution in [0.25, 0.3) is 11.0 Å². The number of aromatic amines is 2. The monoisotopic (exact) mass is 325 g/mol. The molecule has 0 spiro atoms. The molecule has 0 bridgehead atoms. The molecule has 0 amide bonds. The van der Waals surface area contributed by atoms with Crippen molar-refractivity contribution < 1.29 is 8.42 Å². The van der Waals surface area contributed by atoms with E-state index in [2.05, 4.69) is 24.7 Å². The SMILES string of the molecule is O=c1[nH]c2ccc(NS(=O)(=O)c3cnc(Cl)nc3)cc2[nH]1. The molecule has 0 saturated heterocycles. The molecule has 0 aliphatic carbocycles. The van der Waals surface area contributed by atoms with Crippen LogP contribution in [-0.2, 0) is 10.0 Å². The highest BCUT2D eigenvalue weighted by molar-refractivity contribution is 7.92. The van der Waals surface area contributed by atoms with Gasteiger partial charge in [-0.3, -0.25) is 4.72 Å². The highest BCUT2D eigenvalue weighted by atomic mass is 35.5. The lowest BCUT2D eigenvalue weighted by atomic mass is 10.3. The van der Waals surface area contributed by atoms with Crippen molar-refractivity contribution in [2.45, 2.75) is 4.90 Å². The maximum Gasteiger partial charge on any atom is 0.323 e. The van der Waals surface area contributed by atoms with Crippen molar-refractivity contribution in [2.75, 3.05) is 4.72 Å². The number of fused-ring (bicyclic) bond motifs is 1. The fourth-order valence-electron chi connectivity index (χ4n) is 1.75. The van der Waals surface area contributed by atoms with Gasteiger partial charge in [0.05, 0.1) is 29.1 Å². The number of benzene rings is 1. The molecule has 0 radical (unpaired) electrons. The lowest BCUT2D eigenvalue weighted by molar-refractivity contribution is 0.600. The van der Waals surface area contributed by atoms with Crippen molar-refractivity contribution in [1.29, 1.82) is 0 Å². The van der Waals surface area contributed by atoms with Gasteiger partial charge < -0.3 is 9.97 Å². The first kappa shape index (κ1) is 13.6. The summed E-state index contributed by atoms with van der Waals surface area (Å²) in [4.78, 5) is 23.4. The van der Waals surface area contributed by atoms with Crippen molar-refractivity contribution in [2.24, 2.45) is 0 Å². The highest BCUT2D eigenvalue weighted by Crippen LogP contribution is 2.18. The van der Waals surface area contributed by atoms with E-state index in [1.54, 1.807) is 6.07 Å². The number of aromatic nitrogens is 4. The van der Waals surface area contributed by atoms with Crippen molar-refractivity contribution in [3.8, 4) is 0 Å². The Morgan fingerprint density at radius 1 is 1.10 bits per heavy atom. The van der Waals surface area contributed by atoms with Crippen molar-refractivity contribution in [3.05, 3.63) is 46.4 Å². The average molecular weight is 326 g/mol. The van der Waals surface area contributed by atoms with E-state index in [-0.39, 0.29) is 15.9 Å². The summed E-state index contributed by atoms with van der Waals surface area (Å²) in [5.41, 5.74) is 1.01. The molecule has 8 nitrogen and oxygen atoms in total. The van der Waals surface area contributed by atoms with E-state index in [9.17, 15) is 13.2 Å². The first-order valence-electron chi connectivity index (χ1n) is 5.66. The summed E-state index contributed by atoms with van der Waals surface area (Å²) >= 11 is 5.51. The highest BCUT2D eigenvalue weighted by Gasteiger charge is 2.15. The van der Waals surface area contributed by atoms with E-state index in [0.29, 0.717) is 16.7 Å². The van der Waals surface area contributed by atoms with Crippen molar-refractivity contribution >= 4 is 38.3 Å². The summed E-state index contributed by atoms with van der Waals surface area (Å²) in [5.74, 6) is 0. The van der Waals surface area contributed by atoms with E-state index in [4.69, 9.17) is 11.6 Å². The third-order valence-electron chi connectivity index (χ3n) is 2.68. The first-order valence-corrected chi connectivity index (χ1v) is 7.52. The molecule has 0 saturated carbocycles. The standard InChI is InChI=1S/C11H8ClN5O3S/c12-10-13-4-7(5-14-10)21(19,20)17-6-1-2-8-9(3-6)16-11(18)15-8/h1-5,17H,(H2,15,16,18). The summed E-state index contributed by atoms with van der Waals surface area (Å²) in [5, 5.41) is -0.0414. The Morgan fingerprint density at radius 2 is 1.76 bits per heavy atom. The minimum Gasteiger partial charge on any atom is -0.306 e. The number of hydrogen-bond acceptors (Lipinski definition) is 5. The summed E-state index contributed by atoms with van der Waals surface area (Å²) in [6.07, 6.45) is 2.21. The lowest BCUT2D eigenvalue weighted by Crippen LogP contribution is -2.13. The molecule has 2 aromatic heterocycles. The second-order valence-corrected chi connectivity index (χ2v) is 6.15. The molecule has 108 valence electrons. The van der Waals surface area contributed by atoms with Crippen LogP contribution in [0.3, 0.4) is 0 Å². The zero-order chi connectivity index (χ0) is 15.0. The number of hydrogen-bond donors (Lipinski definition) is 3. The Hall–Kier alpha value is -2.39. The number of nitrogens with one attached hydrogen (secondary N) is 3. The molecular weight excluding hydrogens is 318 g/mol. The Morgan fingerprint density at radius 3 is 2.48 bits per heavy atom. The number of nitrogens with zero attached hydrogens (tertiary/aromatic N) is 2. The number of sulfonamides is 1. The molecule has 3 aromatic rings. The Kier molecular flexibility index (Phi) is 3.15. The third kappa shape index (κ3) is 2.73. The van der Waals surface area contributed by atoms with Gasteiger partial charge in [0.15, 0.2) is 0 Å². The molecular formula is C11H8ClN5O3S. The number of imidazole rings is 1. The quantitative estimate of drug-likeness (QED) is 0.623. The lowest BCUT2D eigenvalue weighted by Gasteiger charge is -2.07. The molecule has 1 aromatic carbocycles. The molecule has 3 rings (SSSR count). The molecule has 0 aliphatic rings. The van der Waals surface area contributed by atoms with Crippen LogP contribution in [0.15, 0.2) is 40.3 Å². The van der Waals surface area contributed by atoms with Crippen LogP contribution in [0.1, 0.15) is 0 Å². The molecule has 2 heterocycles. The maximum atomic E-state index is 12.1. The summed E-state index contributed by atoms with van der Waals surface area (Å²) in [7, 11) is -3.83. The van der Waals surface area contributed by atoms with Crippen molar-refractivity contribution in [1.82, 2.24) is 19.9 Å². The predicted octanol–water partition coefficient (Wildman–Crippen LogP) is 1.10. The van der Waals surface area contributed by atoms with Gasteiger partial charge in [-0.05, 0) is 29.8 Å². The molecule has 0 fully saturated rings. The second-order valence-electron chi connectivity index (χ2n) is 4.13. The van der Waals surface area contributed by atoms with Gasteiger partial charge in [0.25, 0.3) is 10.0 Å². The first-order chi connectivity index (χ1) is 9.94. The van der Waals surface area contributed by atoms with Gasteiger partial charge in [0.2, 0.25) is 5.28 Å². The fourth-order valence-corrected chi connectivity index (χ4v) is 2.78. The minimum absolute atomic E-state index is 0.0414. The summed E-state index contributed by atoms with van der Waals surface area (Å²) in [6, 6.07) is 4.62. The van der Waals surface area contributed by atoms with Gasteiger partial charge in [-0.2, -0.15) is 0 Å². The normalized spacial score (nSPS) is 11.7. The number of halogens is 1. The number of rotatable bonds is 3. The van der Waals surface area contributed by atoms with Gasteiger partial charge in [-0.25, -0.2) is 23.2 Å². The number of H-pyrrole nitrogens is 2. The molecule has 10 heteroatoms. The fraction of sp³-hybridized carbons (Fsp3) is 0. The smallest absolute Gasteiger partial charge is 0.306 e. The van der Waals surface area contributed by atoms with Crippen molar-refractivity contribution in [3.63, 3.8) is 0 Å². The van der Waals surface area contributed by atoms with E-state index in [1.807, 2.05) is 0 Å². The van der Waals surface area contributed by atoms with Gasteiger partial charge in [-0.1, -0.05) is 0 Å². The van der Waals surface area contributed by atoms with Crippen LogP contribution in [0.4, 0.5) is 5.69 Å². The third-order valence-corrected chi connectivity index (χ3v) is 4.21. The van der Waals surface area contributed by atoms with E-state index in [1.165, 1.54) is 12.1 Å². The Balaban J connectivity index is 1.96. The molecule has 0 unspecified atom stereocenters. The molecule has 0 atom stereocenters. The number of anilines is 1. The maximum absolute atomic E-state index is 12.1. The van der Waals surface area contributed by atoms with Gasteiger partial charge in [0, 0.05) is 0 Å². The van der Waals surface area contributed by atoms with E-state index in [0.717, 1.165) is 12.4 Å². The molecule has 21 heavy (non-hydrogen) atoms. The topological polar surface area (TPSA) is 121 Å². The zero-order valence-corrected chi connectivity index (χ0v) is 11.9. The average Bonchev–Trinajstić information content (AvgIpc) is 2.78.